The lowest BCUT2D eigenvalue weighted by Gasteiger charge is -2.27. The average molecular weight is 255 g/mol. The van der Waals surface area contributed by atoms with Crippen LogP contribution in [0.2, 0.25) is 0 Å². The first-order valence-corrected chi connectivity index (χ1v) is 7.01. The van der Waals surface area contributed by atoms with Crippen molar-refractivity contribution in [2.75, 3.05) is 13.6 Å². The van der Waals surface area contributed by atoms with Crippen LogP contribution in [0, 0.1) is 11.8 Å². The second kappa shape index (κ2) is 7.39. The van der Waals surface area contributed by atoms with E-state index in [-0.39, 0.29) is 18.4 Å². The van der Waals surface area contributed by atoms with Crippen molar-refractivity contribution in [1.82, 2.24) is 4.90 Å². The lowest BCUT2D eigenvalue weighted by atomic mass is 9.81. The van der Waals surface area contributed by atoms with Gasteiger partial charge in [-0.25, -0.2) is 0 Å². The molecule has 0 aliphatic heterocycles. The predicted molar refractivity (Wildman–Crippen MR) is 70.2 cm³/mol. The Morgan fingerprint density at radius 3 is 2.39 bits per heavy atom. The fourth-order valence-electron chi connectivity index (χ4n) is 2.86. The van der Waals surface area contributed by atoms with Crippen LogP contribution in [0.3, 0.4) is 0 Å². The number of carboxylic acid groups (broad SMARTS) is 1. The van der Waals surface area contributed by atoms with Gasteiger partial charge in [0.2, 0.25) is 5.91 Å². The van der Waals surface area contributed by atoms with Gasteiger partial charge in [0.15, 0.2) is 0 Å². The van der Waals surface area contributed by atoms with E-state index in [2.05, 4.69) is 0 Å². The summed E-state index contributed by atoms with van der Waals surface area (Å²) in [6, 6.07) is 0. The quantitative estimate of drug-likeness (QED) is 0.793. The van der Waals surface area contributed by atoms with E-state index in [1.165, 1.54) is 37.0 Å². The molecule has 0 bridgehead atoms. The standard InChI is InChI=1S/C14H25NO3/c1-3-12(9-11-7-5-4-6-8-11)14(18)15(2)10-13(16)17/h11-12H,3-10H2,1-2H3,(H,16,17). The Balaban J connectivity index is 2.47. The lowest BCUT2D eigenvalue weighted by Crippen LogP contribution is -2.37. The second-order valence-electron chi connectivity index (χ2n) is 5.43. The van der Waals surface area contributed by atoms with Crippen LogP contribution in [0.15, 0.2) is 0 Å². The van der Waals surface area contributed by atoms with Crippen LogP contribution < -0.4 is 0 Å². The Labute approximate surface area is 109 Å². The van der Waals surface area contributed by atoms with E-state index in [1.54, 1.807) is 7.05 Å². The Bertz CT molecular complexity index is 285. The van der Waals surface area contributed by atoms with Crippen LogP contribution >= 0.6 is 0 Å². The van der Waals surface area contributed by atoms with Gasteiger partial charge >= 0.3 is 5.97 Å². The fourth-order valence-corrected chi connectivity index (χ4v) is 2.86. The van der Waals surface area contributed by atoms with Crippen LogP contribution in [0.4, 0.5) is 0 Å². The average Bonchev–Trinajstić information content (AvgIpc) is 2.35. The number of carbonyl (C=O) groups is 2. The van der Waals surface area contributed by atoms with Gasteiger partial charge in [-0.15, -0.1) is 0 Å². The molecule has 104 valence electrons. The molecule has 0 radical (unpaired) electrons. The van der Waals surface area contributed by atoms with E-state index in [0.717, 1.165) is 12.8 Å². The summed E-state index contributed by atoms with van der Waals surface area (Å²) in [6.45, 7) is 1.82. The van der Waals surface area contributed by atoms with Crippen LogP contribution in [0.5, 0.6) is 0 Å². The molecule has 1 rings (SSSR count). The zero-order valence-electron chi connectivity index (χ0n) is 11.5. The lowest BCUT2D eigenvalue weighted by molar-refractivity contribution is -0.145. The van der Waals surface area contributed by atoms with Gasteiger partial charge in [-0.1, -0.05) is 39.0 Å². The number of carboxylic acids is 1. The summed E-state index contributed by atoms with van der Waals surface area (Å²) in [5.41, 5.74) is 0. The van der Waals surface area contributed by atoms with Crippen LogP contribution in [0.25, 0.3) is 0 Å². The first-order chi connectivity index (χ1) is 8.54. The van der Waals surface area contributed by atoms with E-state index in [4.69, 9.17) is 5.11 Å². The highest BCUT2D eigenvalue weighted by Crippen LogP contribution is 2.30. The molecular formula is C14H25NO3. The summed E-state index contributed by atoms with van der Waals surface area (Å²) in [6.07, 6.45) is 8.07. The van der Waals surface area contributed by atoms with Crippen molar-refractivity contribution in [3.8, 4) is 0 Å². The molecule has 1 amide bonds. The molecule has 4 heteroatoms. The highest BCUT2D eigenvalue weighted by Gasteiger charge is 2.25. The number of aliphatic carboxylic acids is 1. The number of hydrogen-bond donors (Lipinski definition) is 1. The molecule has 0 heterocycles. The van der Waals surface area contributed by atoms with Crippen molar-refractivity contribution in [3.63, 3.8) is 0 Å². The van der Waals surface area contributed by atoms with Crippen molar-refractivity contribution in [3.05, 3.63) is 0 Å². The smallest absolute Gasteiger partial charge is 0.323 e. The first kappa shape index (κ1) is 15.0. The Kier molecular flexibility index (Phi) is 6.16. The normalized spacial score (nSPS) is 18.3. The minimum Gasteiger partial charge on any atom is -0.480 e. The SMILES string of the molecule is CCC(CC1CCCCC1)C(=O)N(C)CC(=O)O. The van der Waals surface area contributed by atoms with Gasteiger partial charge < -0.3 is 10.0 Å². The number of hydrogen-bond acceptors (Lipinski definition) is 2. The monoisotopic (exact) mass is 255 g/mol. The third kappa shape index (κ3) is 4.67. The number of carbonyl (C=O) groups excluding carboxylic acids is 1. The maximum absolute atomic E-state index is 12.1. The van der Waals surface area contributed by atoms with Crippen LogP contribution in [-0.4, -0.2) is 35.5 Å². The molecule has 1 N–H and O–H groups in total. The highest BCUT2D eigenvalue weighted by molar-refractivity contribution is 5.82. The van der Waals surface area contributed by atoms with Crippen molar-refractivity contribution < 1.29 is 14.7 Å². The van der Waals surface area contributed by atoms with Crippen LogP contribution in [0.1, 0.15) is 51.9 Å². The van der Waals surface area contributed by atoms with Gasteiger partial charge in [0.05, 0.1) is 0 Å². The molecule has 0 spiro atoms. The summed E-state index contributed by atoms with van der Waals surface area (Å²) >= 11 is 0. The number of nitrogens with zero attached hydrogens (tertiary/aromatic N) is 1. The Hall–Kier alpha value is -1.06. The van der Waals surface area contributed by atoms with E-state index in [0.29, 0.717) is 5.92 Å². The van der Waals surface area contributed by atoms with E-state index in [9.17, 15) is 9.59 Å². The van der Waals surface area contributed by atoms with Crippen molar-refractivity contribution >= 4 is 11.9 Å². The number of likely N-dealkylation sites (N-methyl/N-ethyl adjacent to an activating group) is 1. The molecule has 1 fully saturated rings. The van der Waals surface area contributed by atoms with Gasteiger partial charge in [-0.05, 0) is 18.8 Å². The molecule has 1 aliphatic rings. The molecule has 4 nitrogen and oxygen atoms in total. The minimum atomic E-state index is -0.946. The van der Waals surface area contributed by atoms with Gasteiger partial charge in [0.25, 0.3) is 0 Å². The summed E-state index contributed by atoms with van der Waals surface area (Å²) in [7, 11) is 1.58. The fraction of sp³-hybridized carbons (Fsp3) is 0.857. The molecular weight excluding hydrogens is 230 g/mol. The maximum atomic E-state index is 12.1. The van der Waals surface area contributed by atoms with Gasteiger partial charge in [-0.2, -0.15) is 0 Å². The molecule has 0 aromatic heterocycles. The summed E-state index contributed by atoms with van der Waals surface area (Å²) < 4.78 is 0. The first-order valence-electron chi connectivity index (χ1n) is 7.01. The molecule has 1 aliphatic carbocycles. The minimum absolute atomic E-state index is 0.00236. The molecule has 0 aromatic rings. The highest BCUT2D eigenvalue weighted by atomic mass is 16.4. The van der Waals surface area contributed by atoms with Gasteiger partial charge in [0, 0.05) is 13.0 Å². The van der Waals surface area contributed by atoms with Crippen molar-refractivity contribution in [1.29, 1.82) is 0 Å². The molecule has 1 atom stereocenters. The topological polar surface area (TPSA) is 57.6 Å². The second-order valence-corrected chi connectivity index (χ2v) is 5.43. The number of rotatable bonds is 6. The molecule has 1 saturated carbocycles. The van der Waals surface area contributed by atoms with Crippen molar-refractivity contribution in [2.24, 2.45) is 11.8 Å². The zero-order valence-corrected chi connectivity index (χ0v) is 11.5. The largest absolute Gasteiger partial charge is 0.480 e. The van der Waals surface area contributed by atoms with Crippen LogP contribution in [-0.2, 0) is 9.59 Å². The zero-order chi connectivity index (χ0) is 13.5. The van der Waals surface area contributed by atoms with Crippen molar-refractivity contribution in [2.45, 2.75) is 51.9 Å². The molecule has 18 heavy (non-hydrogen) atoms. The van der Waals surface area contributed by atoms with E-state index >= 15 is 0 Å². The Morgan fingerprint density at radius 2 is 1.89 bits per heavy atom. The maximum Gasteiger partial charge on any atom is 0.323 e. The summed E-state index contributed by atoms with van der Waals surface area (Å²) in [5.74, 6) is -0.299. The van der Waals surface area contributed by atoms with Gasteiger partial charge in [-0.3, -0.25) is 9.59 Å². The van der Waals surface area contributed by atoms with Gasteiger partial charge in [0.1, 0.15) is 6.54 Å². The predicted octanol–water partition coefficient (Wildman–Crippen LogP) is 2.53. The third-order valence-electron chi connectivity index (χ3n) is 3.93. The Morgan fingerprint density at radius 1 is 1.28 bits per heavy atom. The summed E-state index contributed by atoms with van der Waals surface area (Å²) in [4.78, 5) is 24.1. The molecule has 0 aromatic carbocycles. The van der Waals surface area contributed by atoms with E-state index < -0.39 is 5.97 Å². The van der Waals surface area contributed by atoms with E-state index in [1.807, 2.05) is 6.92 Å². The molecule has 0 saturated heterocycles. The molecule has 1 unspecified atom stereocenters. The third-order valence-corrected chi connectivity index (χ3v) is 3.93. The summed E-state index contributed by atoms with van der Waals surface area (Å²) in [5, 5.41) is 8.71. The number of amides is 1.